The molecule has 0 N–H and O–H groups in total. The summed E-state index contributed by atoms with van der Waals surface area (Å²) in [6, 6.07) is 0. The maximum absolute atomic E-state index is 6.69. The number of ether oxygens (including phenoxy) is 3. The Morgan fingerprint density at radius 2 is 0.732 bits per heavy atom. The molecule has 4 rings (SSSR count). The fourth-order valence-corrected chi connectivity index (χ4v) is 8.08. The standard InChI is InChI=1S/C38H70O3/c1(5-9-15-23-33-25-17-13-18-26-33)3-7-11-21-29-35(37-31-39-37)41-36(38-32-40-38)30-22-12-8-4-2-6-10-16-24-34-27-19-14-20-28-34/h33-38H,1-32H2. The molecule has 2 aliphatic carbocycles. The van der Waals surface area contributed by atoms with Crippen molar-refractivity contribution in [2.24, 2.45) is 11.8 Å². The van der Waals surface area contributed by atoms with E-state index in [1.165, 1.54) is 193 Å². The topological polar surface area (TPSA) is 34.3 Å². The van der Waals surface area contributed by atoms with Crippen LogP contribution in [0.25, 0.3) is 0 Å². The third-order valence-electron chi connectivity index (χ3n) is 11.0. The smallest absolute Gasteiger partial charge is 0.107 e. The van der Waals surface area contributed by atoms with E-state index in [4.69, 9.17) is 14.2 Å². The van der Waals surface area contributed by atoms with Gasteiger partial charge in [0.05, 0.1) is 25.4 Å². The van der Waals surface area contributed by atoms with Crippen LogP contribution in [0.4, 0.5) is 0 Å². The zero-order valence-corrected chi connectivity index (χ0v) is 27.3. The summed E-state index contributed by atoms with van der Waals surface area (Å²) in [5.41, 5.74) is 0. The Kier molecular flexibility index (Phi) is 17.8. The molecule has 4 atom stereocenters. The lowest BCUT2D eigenvalue weighted by Crippen LogP contribution is -2.30. The lowest BCUT2D eigenvalue weighted by atomic mass is 9.85. The van der Waals surface area contributed by atoms with Crippen LogP contribution in [0.3, 0.4) is 0 Å². The molecule has 3 nitrogen and oxygen atoms in total. The molecule has 4 unspecified atom stereocenters. The van der Waals surface area contributed by atoms with Crippen LogP contribution in [0.1, 0.15) is 193 Å². The largest absolute Gasteiger partial charge is 0.370 e. The molecule has 0 aromatic rings. The molecule has 0 aromatic heterocycles. The summed E-state index contributed by atoms with van der Waals surface area (Å²) in [5.74, 6) is 2.14. The zero-order valence-electron chi connectivity index (χ0n) is 27.3. The quantitative estimate of drug-likeness (QED) is 0.0761. The van der Waals surface area contributed by atoms with E-state index in [9.17, 15) is 0 Å². The lowest BCUT2D eigenvalue weighted by molar-refractivity contribution is -0.0468. The predicted molar refractivity (Wildman–Crippen MR) is 174 cm³/mol. The molecule has 0 spiro atoms. The summed E-state index contributed by atoms with van der Waals surface area (Å²) in [5, 5.41) is 0. The average Bonchev–Trinajstić information content (AvgIpc) is 3.93. The monoisotopic (exact) mass is 575 g/mol. The second kappa shape index (κ2) is 21.6. The Morgan fingerprint density at radius 3 is 1.07 bits per heavy atom. The fourth-order valence-electron chi connectivity index (χ4n) is 8.08. The van der Waals surface area contributed by atoms with E-state index < -0.39 is 0 Å². The minimum atomic E-state index is 0.303. The van der Waals surface area contributed by atoms with Crippen LogP contribution in [-0.2, 0) is 14.2 Å². The van der Waals surface area contributed by atoms with Gasteiger partial charge in [-0.15, -0.1) is 0 Å². The first-order valence-electron chi connectivity index (χ1n) is 19.3. The maximum Gasteiger partial charge on any atom is 0.107 e. The van der Waals surface area contributed by atoms with E-state index in [0.717, 1.165) is 25.0 Å². The van der Waals surface area contributed by atoms with Crippen molar-refractivity contribution in [1.82, 2.24) is 0 Å². The molecule has 0 aromatic carbocycles. The highest BCUT2D eigenvalue weighted by Crippen LogP contribution is 2.31. The van der Waals surface area contributed by atoms with Crippen molar-refractivity contribution < 1.29 is 14.2 Å². The first kappa shape index (κ1) is 33.8. The molecule has 2 aliphatic heterocycles. The molecular weight excluding hydrogens is 504 g/mol. The highest BCUT2D eigenvalue weighted by molar-refractivity contribution is 4.86. The number of hydrogen-bond acceptors (Lipinski definition) is 3. The van der Waals surface area contributed by atoms with Gasteiger partial charge in [0.25, 0.3) is 0 Å². The summed E-state index contributed by atoms with van der Waals surface area (Å²) in [7, 11) is 0. The van der Waals surface area contributed by atoms with Crippen molar-refractivity contribution in [3.05, 3.63) is 0 Å². The van der Waals surface area contributed by atoms with Crippen LogP contribution in [0.2, 0.25) is 0 Å². The van der Waals surface area contributed by atoms with Gasteiger partial charge in [0.15, 0.2) is 0 Å². The van der Waals surface area contributed by atoms with E-state index in [1.807, 2.05) is 0 Å². The summed E-state index contributed by atoms with van der Waals surface area (Å²) >= 11 is 0. The van der Waals surface area contributed by atoms with Gasteiger partial charge in [-0.05, 0) is 24.7 Å². The molecule has 2 saturated heterocycles. The van der Waals surface area contributed by atoms with Crippen LogP contribution in [-0.4, -0.2) is 37.6 Å². The maximum atomic E-state index is 6.69. The third kappa shape index (κ3) is 16.0. The first-order chi connectivity index (χ1) is 20.4. The van der Waals surface area contributed by atoms with E-state index in [0.29, 0.717) is 24.4 Å². The summed E-state index contributed by atoms with van der Waals surface area (Å²) in [6.45, 7) is 1.81. The van der Waals surface area contributed by atoms with Crippen molar-refractivity contribution in [3.8, 4) is 0 Å². The number of hydrogen-bond donors (Lipinski definition) is 0. The number of rotatable bonds is 26. The molecule has 2 saturated carbocycles. The minimum Gasteiger partial charge on any atom is -0.370 e. The summed E-state index contributed by atoms with van der Waals surface area (Å²) in [6.07, 6.45) is 44.4. The normalized spacial score (nSPS) is 24.9. The van der Waals surface area contributed by atoms with Crippen molar-refractivity contribution in [2.45, 2.75) is 217 Å². The summed E-state index contributed by atoms with van der Waals surface area (Å²) < 4.78 is 18.1. The van der Waals surface area contributed by atoms with Crippen molar-refractivity contribution in [1.29, 1.82) is 0 Å². The van der Waals surface area contributed by atoms with Gasteiger partial charge in [-0.2, -0.15) is 0 Å². The first-order valence-corrected chi connectivity index (χ1v) is 19.3. The van der Waals surface area contributed by atoms with Crippen LogP contribution in [0.15, 0.2) is 0 Å². The molecule has 2 heterocycles. The van der Waals surface area contributed by atoms with E-state index in [-0.39, 0.29) is 0 Å². The molecule has 240 valence electrons. The third-order valence-corrected chi connectivity index (χ3v) is 11.0. The van der Waals surface area contributed by atoms with Crippen molar-refractivity contribution in [3.63, 3.8) is 0 Å². The van der Waals surface area contributed by atoms with Gasteiger partial charge in [-0.3, -0.25) is 0 Å². The molecule has 0 radical (unpaired) electrons. The Balaban J connectivity index is 0.939. The Labute approximate surface area is 256 Å². The second-order valence-electron chi connectivity index (χ2n) is 14.8. The second-order valence-corrected chi connectivity index (χ2v) is 14.8. The van der Waals surface area contributed by atoms with Gasteiger partial charge >= 0.3 is 0 Å². The van der Waals surface area contributed by atoms with Gasteiger partial charge in [0.1, 0.15) is 12.2 Å². The van der Waals surface area contributed by atoms with Gasteiger partial charge in [0.2, 0.25) is 0 Å². The SMILES string of the molecule is C(CCCCCC(OC(CCCCCCCCCCC1CCCCC1)C1CO1)C1CO1)CCCCC1CCCCC1. The minimum absolute atomic E-state index is 0.303. The highest BCUT2D eigenvalue weighted by Gasteiger charge is 2.40. The Bertz CT molecular complexity index is 551. The van der Waals surface area contributed by atoms with E-state index >= 15 is 0 Å². The van der Waals surface area contributed by atoms with E-state index in [2.05, 4.69) is 0 Å². The Morgan fingerprint density at radius 1 is 0.415 bits per heavy atom. The fraction of sp³-hybridized carbons (Fsp3) is 1.00. The highest BCUT2D eigenvalue weighted by atomic mass is 16.6. The van der Waals surface area contributed by atoms with Gasteiger partial charge in [-0.1, -0.05) is 180 Å². The van der Waals surface area contributed by atoms with Crippen LogP contribution < -0.4 is 0 Å². The average molecular weight is 575 g/mol. The molecule has 41 heavy (non-hydrogen) atoms. The molecule has 0 bridgehead atoms. The summed E-state index contributed by atoms with van der Waals surface area (Å²) in [4.78, 5) is 0. The van der Waals surface area contributed by atoms with Gasteiger partial charge < -0.3 is 14.2 Å². The molecule has 4 fully saturated rings. The van der Waals surface area contributed by atoms with Crippen LogP contribution in [0.5, 0.6) is 0 Å². The van der Waals surface area contributed by atoms with Crippen molar-refractivity contribution >= 4 is 0 Å². The zero-order chi connectivity index (χ0) is 28.2. The van der Waals surface area contributed by atoms with Crippen LogP contribution >= 0.6 is 0 Å². The lowest BCUT2D eigenvalue weighted by Gasteiger charge is -2.23. The predicted octanol–water partition coefficient (Wildman–Crippen LogP) is 11.5. The van der Waals surface area contributed by atoms with E-state index in [1.54, 1.807) is 0 Å². The Hall–Kier alpha value is -0.120. The van der Waals surface area contributed by atoms with Crippen molar-refractivity contribution in [2.75, 3.05) is 13.2 Å². The van der Waals surface area contributed by atoms with Gasteiger partial charge in [0, 0.05) is 0 Å². The number of unbranched alkanes of at least 4 members (excludes halogenated alkanes) is 14. The molecular formula is C38H70O3. The molecule has 3 heteroatoms. The number of epoxide rings is 2. The molecule has 0 amide bonds. The van der Waals surface area contributed by atoms with Crippen LogP contribution in [0, 0.1) is 11.8 Å². The van der Waals surface area contributed by atoms with Gasteiger partial charge in [-0.25, -0.2) is 0 Å². The molecule has 4 aliphatic rings.